The molecule has 0 saturated heterocycles. The smallest absolute Gasteiger partial charge is 0.338 e. The third-order valence-corrected chi connectivity index (χ3v) is 2.52. The van der Waals surface area contributed by atoms with Crippen LogP contribution in [0, 0.1) is 0 Å². The van der Waals surface area contributed by atoms with E-state index in [2.05, 4.69) is 0 Å². The van der Waals surface area contributed by atoms with Gasteiger partial charge >= 0.3 is 5.97 Å². The minimum Gasteiger partial charge on any atom is -0.490 e. The molecule has 0 bridgehead atoms. The molecule has 0 N–H and O–H groups in total. The summed E-state index contributed by atoms with van der Waals surface area (Å²) in [7, 11) is 0. The highest BCUT2D eigenvalue weighted by Gasteiger charge is 2.14. The highest BCUT2D eigenvalue weighted by molar-refractivity contribution is 6.37. The van der Waals surface area contributed by atoms with Gasteiger partial charge < -0.3 is 9.47 Å². The second-order valence-electron chi connectivity index (χ2n) is 3.34. The quantitative estimate of drug-likeness (QED) is 0.764. The van der Waals surface area contributed by atoms with E-state index in [-0.39, 0.29) is 0 Å². The predicted molar refractivity (Wildman–Crippen MR) is 68.2 cm³/mol. The molecule has 0 spiro atoms. The molecule has 1 aromatic rings. The zero-order chi connectivity index (χ0) is 12.8. The number of halogens is 2. The van der Waals surface area contributed by atoms with E-state index in [4.69, 9.17) is 32.7 Å². The Balaban J connectivity index is 2.96. The van der Waals surface area contributed by atoms with E-state index in [1.54, 1.807) is 6.92 Å². The Bertz CT molecular complexity index is 382. The molecule has 0 amide bonds. The van der Waals surface area contributed by atoms with Crippen molar-refractivity contribution in [1.82, 2.24) is 0 Å². The molecule has 1 aromatic carbocycles. The SMILES string of the molecule is CCCOc1c(Cl)cc(C(=O)OCC)cc1Cl. The maximum absolute atomic E-state index is 11.5. The minimum absolute atomic E-state index is 0.308. The van der Waals surface area contributed by atoms with Crippen LogP contribution in [0.4, 0.5) is 0 Å². The summed E-state index contributed by atoms with van der Waals surface area (Å²) in [5.74, 6) is -0.0402. The van der Waals surface area contributed by atoms with Crippen LogP contribution in [0.25, 0.3) is 0 Å². The Morgan fingerprint density at radius 3 is 2.29 bits per heavy atom. The lowest BCUT2D eigenvalue weighted by Gasteiger charge is -2.10. The van der Waals surface area contributed by atoms with Crippen LogP contribution in [-0.4, -0.2) is 19.2 Å². The van der Waals surface area contributed by atoms with Crippen molar-refractivity contribution in [2.24, 2.45) is 0 Å². The van der Waals surface area contributed by atoms with E-state index in [0.717, 1.165) is 6.42 Å². The molecule has 0 heterocycles. The highest BCUT2D eigenvalue weighted by atomic mass is 35.5. The molecule has 0 aliphatic heterocycles. The first-order valence-corrected chi connectivity index (χ1v) is 6.14. The van der Waals surface area contributed by atoms with E-state index in [0.29, 0.717) is 34.6 Å². The molecule has 0 aromatic heterocycles. The summed E-state index contributed by atoms with van der Waals surface area (Å²) in [6.45, 7) is 4.55. The van der Waals surface area contributed by atoms with Gasteiger partial charge in [0.15, 0.2) is 5.75 Å². The molecule has 0 aliphatic carbocycles. The fraction of sp³-hybridized carbons (Fsp3) is 0.417. The zero-order valence-electron chi connectivity index (χ0n) is 9.76. The number of benzene rings is 1. The normalized spacial score (nSPS) is 10.1. The number of esters is 1. The van der Waals surface area contributed by atoms with Crippen LogP contribution < -0.4 is 4.74 Å². The molecule has 0 radical (unpaired) electrons. The van der Waals surface area contributed by atoms with Crippen molar-refractivity contribution in [3.05, 3.63) is 27.7 Å². The van der Waals surface area contributed by atoms with Crippen molar-refractivity contribution in [2.45, 2.75) is 20.3 Å². The second kappa shape index (κ2) is 6.72. The third-order valence-electron chi connectivity index (χ3n) is 1.96. The molecular formula is C12H14Cl2O3. The number of ether oxygens (including phenoxy) is 2. The van der Waals surface area contributed by atoms with Gasteiger partial charge in [-0.1, -0.05) is 30.1 Å². The van der Waals surface area contributed by atoms with Gasteiger partial charge in [0.25, 0.3) is 0 Å². The first-order chi connectivity index (χ1) is 8.10. The topological polar surface area (TPSA) is 35.5 Å². The van der Waals surface area contributed by atoms with Crippen LogP contribution in [-0.2, 0) is 4.74 Å². The van der Waals surface area contributed by atoms with Crippen molar-refractivity contribution in [3.63, 3.8) is 0 Å². The van der Waals surface area contributed by atoms with E-state index >= 15 is 0 Å². The third kappa shape index (κ3) is 3.79. The molecule has 0 fully saturated rings. The van der Waals surface area contributed by atoms with Gasteiger partial charge in [0.1, 0.15) is 0 Å². The Labute approximate surface area is 111 Å². The summed E-state index contributed by atoms with van der Waals surface area (Å²) in [6, 6.07) is 2.99. The Morgan fingerprint density at radius 2 is 1.82 bits per heavy atom. The van der Waals surface area contributed by atoms with Crippen molar-refractivity contribution in [1.29, 1.82) is 0 Å². The first-order valence-electron chi connectivity index (χ1n) is 5.39. The second-order valence-corrected chi connectivity index (χ2v) is 4.15. The van der Waals surface area contributed by atoms with Crippen molar-refractivity contribution in [2.75, 3.05) is 13.2 Å². The van der Waals surface area contributed by atoms with E-state index < -0.39 is 5.97 Å². The molecule has 0 saturated carbocycles. The number of carbonyl (C=O) groups is 1. The molecule has 0 atom stereocenters. The average molecular weight is 277 g/mol. The Hall–Kier alpha value is -0.930. The fourth-order valence-corrected chi connectivity index (χ4v) is 1.83. The summed E-state index contributed by atoms with van der Waals surface area (Å²) < 4.78 is 10.3. The van der Waals surface area contributed by atoms with Crippen molar-refractivity contribution >= 4 is 29.2 Å². The van der Waals surface area contributed by atoms with Crippen LogP contribution >= 0.6 is 23.2 Å². The summed E-state index contributed by atoms with van der Waals surface area (Å²) in [5, 5.41) is 0.628. The predicted octanol–water partition coefficient (Wildman–Crippen LogP) is 3.96. The van der Waals surface area contributed by atoms with Gasteiger partial charge in [-0.25, -0.2) is 4.79 Å². The largest absolute Gasteiger partial charge is 0.490 e. The molecule has 0 unspecified atom stereocenters. The van der Waals surface area contributed by atoms with Crippen molar-refractivity contribution < 1.29 is 14.3 Å². The Morgan fingerprint density at radius 1 is 1.24 bits per heavy atom. The Kier molecular flexibility index (Phi) is 5.59. The monoisotopic (exact) mass is 276 g/mol. The number of hydrogen-bond acceptors (Lipinski definition) is 3. The molecule has 0 aliphatic rings. The van der Waals surface area contributed by atoms with Crippen LogP contribution in [0.1, 0.15) is 30.6 Å². The average Bonchev–Trinajstić information content (AvgIpc) is 2.28. The number of rotatable bonds is 5. The lowest BCUT2D eigenvalue weighted by atomic mass is 10.2. The lowest BCUT2D eigenvalue weighted by molar-refractivity contribution is 0.0526. The van der Waals surface area contributed by atoms with Crippen LogP contribution in [0.15, 0.2) is 12.1 Å². The maximum atomic E-state index is 11.5. The van der Waals surface area contributed by atoms with Crippen molar-refractivity contribution in [3.8, 4) is 5.75 Å². The molecular weight excluding hydrogens is 263 g/mol. The van der Waals surface area contributed by atoms with E-state index in [1.165, 1.54) is 12.1 Å². The van der Waals surface area contributed by atoms with Crippen LogP contribution in [0.3, 0.4) is 0 Å². The molecule has 5 heteroatoms. The molecule has 3 nitrogen and oxygen atoms in total. The van der Waals surface area contributed by atoms with E-state index in [1.807, 2.05) is 6.92 Å². The molecule has 17 heavy (non-hydrogen) atoms. The molecule has 1 rings (SSSR count). The lowest BCUT2D eigenvalue weighted by Crippen LogP contribution is -2.05. The zero-order valence-corrected chi connectivity index (χ0v) is 11.3. The fourth-order valence-electron chi connectivity index (χ4n) is 1.23. The van der Waals surface area contributed by atoms with Crippen LogP contribution in [0.2, 0.25) is 10.0 Å². The minimum atomic E-state index is -0.446. The van der Waals surface area contributed by atoms with E-state index in [9.17, 15) is 4.79 Å². The summed E-state index contributed by atoms with van der Waals surface area (Å²) in [6.07, 6.45) is 0.853. The van der Waals surface area contributed by atoms with Crippen LogP contribution in [0.5, 0.6) is 5.75 Å². The van der Waals surface area contributed by atoms with Gasteiger partial charge in [-0.05, 0) is 25.5 Å². The maximum Gasteiger partial charge on any atom is 0.338 e. The first kappa shape index (κ1) is 14.1. The van der Waals surface area contributed by atoms with Gasteiger partial charge in [0.2, 0.25) is 0 Å². The standard InChI is InChI=1S/C12H14Cl2O3/c1-3-5-17-11-9(13)6-8(7-10(11)14)12(15)16-4-2/h6-7H,3-5H2,1-2H3. The summed E-state index contributed by atoms with van der Waals surface area (Å²) >= 11 is 12.0. The van der Waals surface area contributed by atoms with Gasteiger partial charge in [-0.15, -0.1) is 0 Å². The highest BCUT2D eigenvalue weighted by Crippen LogP contribution is 2.34. The summed E-state index contributed by atoms with van der Waals surface area (Å²) in [5.41, 5.74) is 0.325. The summed E-state index contributed by atoms with van der Waals surface area (Å²) in [4.78, 5) is 11.5. The number of carbonyl (C=O) groups excluding carboxylic acids is 1. The molecule has 94 valence electrons. The van der Waals surface area contributed by atoms with Gasteiger partial charge in [-0.2, -0.15) is 0 Å². The van der Waals surface area contributed by atoms with Gasteiger partial charge in [0.05, 0.1) is 28.8 Å². The number of hydrogen-bond donors (Lipinski definition) is 0. The van der Waals surface area contributed by atoms with Gasteiger partial charge in [0, 0.05) is 0 Å². The van der Waals surface area contributed by atoms with Gasteiger partial charge in [-0.3, -0.25) is 0 Å².